The van der Waals surface area contributed by atoms with E-state index in [-0.39, 0.29) is 0 Å². The maximum absolute atomic E-state index is 6.00. The molecule has 2 aliphatic rings. The molecular formula is C17H18ClN7. The summed E-state index contributed by atoms with van der Waals surface area (Å²) in [6.07, 6.45) is 6.16. The molecule has 3 atom stereocenters. The molecule has 0 amide bonds. The second-order valence-corrected chi connectivity index (χ2v) is 7.24. The first kappa shape index (κ1) is 14.9. The fourth-order valence-corrected chi connectivity index (χ4v) is 4.37. The van der Waals surface area contributed by atoms with E-state index < -0.39 is 0 Å². The minimum absolute atomic E-state index is 0.416. The number of aromatic nitrogens is 5. The lowest BCUT2D eigenvalue weighted by Gasteiger charge is -2.39. The van der Waals surface area contributed by atoms with Crippen molar-refractivity contribution in [2.45, 2.75) is 18.9 Å². The first-order chi connectivity index (χ1) is 12.3. The Morgan fingerprint density at radius 2 is 2.00 bits per heavy atom. The molecule has 0 spiro atoms. The highest BCUT2D eigenvalue weighted by Crippen LogP contribution is 2.40. The molecule has 1 aliphatic carbocycles. The number of anilines is 2. The second kappa shape index (κ2) is 5.84. The van der Waals surface area contributed by atoms with E-state index >= 15 is 0 Å². The van der Waals surface area contributed by atoms with Gasteiger partial charge >= 0.3 is 0 Å². The van der Waals surface area contributed by atoms with Crippen LogP contribution in [0, 0.1) is 11.8 Å². The summed E-state index contributed by atoms with van der Waals surface area (Å²) in [5, 5.41) is 16.4. The number of rotatable bonds is 3. The Kier molecular flexibility index (Phi) is 3.48. The zero-order chi connectivity index (χ0) is 16.8. The Hall–Kier alpha value is -2.41. The zero-order valence-electron chi connectivity index (χ0n) is 13.6. The minimum Gasteiger partial charge on any atom is -0.369 e. The van der Waals surface area contributed by atoms with Gasteiger partial charge in [-0.25, -0.2) is 4.52 Å². The SMILES string of the molecule is Clc1cc(N2C[C@H]3CC[C@@H](C2)C3Nc2nc3ccccn3n2)cnn1. The van der Waals surface area contributed by atoms with Crippen LogP contribution < -0.4 is 10.2 Å². The summed E-state index contributed by atoms with van der Waals surface area (Å²) >= 11 is 6.00. The molecule has 5 rings (SSSR count). The van der Waals surface area contributed by atoms with Gasteiger partial charge < -0.3 is 10.2 Å². The summed E-state index contributed by atoms with van der Waals surface area (Å²) in [4.78, 5) is 6.96. The molecule has 1 unspecified atom stereocenters. The second-order valence-electron chi connectivity index (χ2n) is 6.85. The Bertz CT molecular complexity index is 864. The van der Waals surface area contributed by atoms with Crippen molar-refractivity contribution >= 4 is 28.9 Å². The monoisotopic (exact) mass is 355 g/mol. The number of fused-ring (bicyclic) bond motifs is 3. The van der Waals surface area contributed by atoms with Crippen LogP contribution in [-0.4, -0.2) is 43.9 Å². The van der Waals surface area contributed by atoms with E-state index in [0.29, 0.717) is 23.0 Å². The van der Waals surface area contributed by atoms with Gasteiger partial charge in [0.25, 0.3) is 0 Å². The molecule has 1 saturated heterocycles. The molecule has 2 fully saturated rings. The molecule has 0 radical (unpaired) electrons. The van der Waals surface area contributed by atoms with Crippen LogP contribution in [0.5, 0.6) is 0 Å². The third-order valence-electron chi connectivity index (χ3n) is 5.35. The number of hydrogen-bond donors (Lipinski definition) is 1. The van der Waals surface area contributed by atoms with Crippen molar-refractivity contribution in [3.8, 4) is 0 Å². The summed E-state index contributed by atoms with van der Waals surface area (Å²) in [6, 6.07) is 8.21. The molecule has 1 N–H and O–H groups in total. The smallest absolute Gasteiger partial charge is 0.243 e. The number of hydrogen-bond acceptors (Lipinski definition) is 6. The van der Waals surface area contributed by atoms with Crippen LogP contribution >= 0.6 is 11.6 Å². The molecule has 2 bridgehead atoms. The molecule has 8 heteroatoms. The highest BCUT2D eigenvalue weighted by atomic mass is 35.5. The van der Waals surface area contributed by atoms with Gasteiger partial charge in [-0.2, -0.15) is 10.1 Å². The Balaban J connectivity index is 1.35. The molecule has 7 nitrogen and oxygen atoms in total. The summed E-state index contributed by atoms with van der Waals surface area (Å²) in [6.45, 7) is 1.98. The normalized spacial score (nSPS) is 25.5. The first-order valence-electron chi connectivity index (χ1n) is 8.57. The number of halogens is 1. The van der Waals surface area contributed by atoms with E-state index in [2.05, 4.69) is 30.5 Å². The third-order valence-corrected chi connectivity index (χ3v) is 5.53. The molecule has 3 aromatic rings. The summed E-state index contributed by atoms with van der Waals surface area (Å²) in [5.74, 6) is 1.85. The number of pyridine rings is 1. The van der Waals surface area contributed by atoms with E-state index in [4.69, 9.17) is 11.6 Å². The van der Waals surface area contributed by atoms with Gasteiger partial charge in [0.15, 0.2) is 10.8 Å². The molecule has 128 valence electrons. The predicted molar refractivity (Wildman–Crippen MR) is 95.9 cm³/mol. The Labute approximate surface area is 150 Å². The van der Waals surface area contributed by atoms with Gasteiger partial charge in [0.05, 0.1) is 11.9 Å². The van der Waals surface area contributed by atoms with Crippen LogP contribution in [0.4, 0.5) is 11.6 Å². The van der Waals surface area contributed by atoms with Gasteiger partial charge in [-0.3, -0.25) is 0 Å². The Morgan fingerprint density at radius 3 is 2.76 bits per heavy atom. The lowest BCUT2D eigenvalue weighted by atomic mass is 9.92. The molecular weight excluding hydrogens is 338 g/mol. The van der Waals surface area contributed by atoms with Crippen molar-refractivity contribution in [3.63, 3.8) is 0 Å². The summed E-state index contributed by atoms with van der Waals surface area (Å²) in [7, 11) is 0. The highest BCUT2D eigenvalue weighted by Gasteiger charge is 2.42. The quantitative estimate of drug-likeness (QED) is 0.778. The molecule has 1 saturated carbocycles. The fraction of sp³-hybridized carbons (Fsp3) is 0.412. The van der Waals surface area contributed by atoms with Crippen LogP contribution in [0.3, 0.4) is 0 Å². The van der Waals surface area contributed by atoms with Crippen LogP contribution in [-0.2, 0) is 0 Å². The summed E-state index contributed by atoms with van der Waals surface area (Å²) < 4.78 is 1.81. The topological polar surface area (TPSA) is 71.2 Å². The van der Waals surface area contributed by atoms with Gasteiger partial charge in [-0.1, -0.05) is 17.7 Å². The van der Waals surface area contributed by atoms with Crippen molar-refractivity contribution < 1.29 is 0 Å². The van der Waals surface area contributed by atoms with Crippen LogP contribution in [0.15, 0.2) is 36.7 Å². The van der Waals surface area contributed by atoms with Gasteiger partial charge in [-0.15, -0.1) is 10.2 Å². The van der Waals surface area contributed by atoms with Gasteiger partial charge in [-0.05, 0) is 36.8 Å². The molecule has 1 aliphatic heterocycles. The minimum atomic E-state index is 0.416. The van der Waals surface area contributed by atoms with Crippen molar-refractivity contribution in [1.82, 2.24) is 24.8 Å². The lowest BCUT2D eigenvalue weighted by Crippen LogP contribution is -2.48. The van der Waals surface area contributed by atoms with Crippen LogP contribution in [0.1, 0.15) is 12.8 Å². The van der Waals surface area contributed by atoms with Crippen molar-refractivity contribution in [3.05, 3.63) is 41.8 Å². The van der Waals surface area contributed by atoms with E-state index in [0.717, 1.165) is 30.4 Å². The van der Waals surface area contributed by atoms with E-state index in [1.807, 2.05) is 35.0 Å². The molecule has 4 heterocycles. The molecule has 3 aromatic heterocycles. The number of nitrogens with one attached hydrogen (secondary N) is 1. The molecule has 25 heavy (non-hydrogen) atoms. The van der Waals surface area contributed by atoms with Gasteiger partial charge in [0.1, 0.15) is 0 Å². The third kappa shape index (κ3) is 2.68. The van der Waals surface area contributed by atoms with E-state index in [1.165, 1.54) is 12.8 Å². The first-order valence-corrected chi connectivity index (χ1v) is 8.95. The maximum atomic E-state index is 6.00. The lowest BCUT2D eigenvalue weighted by molar-refractivity contribution is 0.376. The average molecular weight is 356 g/mol. The van der Waals surface area contributed by atoms with Crippen molar-refractivity contribution in [2.75, 3.05) is 23.3 Å². The van der Waals surface area contributed by atoms with Crippen molar-refractivity contribution in [2.24, 2.45) is 11.8 Å². The van der Waals surface area contributed by atoms with Gasteiger partial charge in [0.2, 0.25) is 5.95 Å². The average Bonchev–Trinajstić information content (AvgIpc) is 3.11. The van der Waals surface area contributed by atoms with Crippen LogP contribution in [0.25, 0.3) is 5.65 Å². The highest BCUT2D eigenvalue weighted by molar-refractivity contribution is 6.29. The number of nitrogens with zero attached hydrogens (tertiary/aromatic N) is 6. The van der Waals surface area contributed by atoms with Gasteiger partial charge in [0, 0.05) is 31.4 Å². The van der Waals surface area contributed by atoms with E-state index in [9.17, 15) is 0 Å². The predicted octanol–water partition coefficient (Wildman–Crippen LogP) is 2.50. The van der Waals surface area contributed by atoms with E-state index in [1.54, 1.807) is 6.20 Å². The van der Waals surface area contributed by atoms with Crippen molar-refractivity contribution in [1.29, 1.82) is 0 Å². The zero-order valence-corrected chi connectivity index (χ0v) is 14.3. The fourth-order valence-electron chi connectivity index (χ4n) is 4.22. The summed E-state index contributed by atoms with van der Waals surface area (Å²) in [5.41, 5.74) is 1.92. The largest absolute Gasteiger partial charge is 0.369 e. The number of piperidine rings is 1. The molecule has 0 aromatic carbocycles. The maximum Gasteiger partial charge on any atom is 0.243 e. The van der Waals surface area contributed by atoms with Crippen LogP contribution in [0.2, 0.25) is 5.15 Å². The standard InChI is InChI=1S/C17H18ClN7/c18-14-7-13(8-19-22-14)24-9-11-4-5-12(10-24)16(11)21-17-20-15-3-1-2-6-25(15)23-17/h1-3,6-8,11-12,16H,4-5,9-10H2,(H,21,23)/t11-,12+,16?. The Morgan fingerprint density at radius 1 is 1.16 bits per heavy atom.